The number of aromatic nitrogens is 2. The van der Waals surface area contributed by atoms with Gasteiger partial charge in [0.15, 0.2) is 0 Å². The van der Waals surface area contributed by atoms with Gasteiger partial charge in [-0.25, -0.2) is 0 Å². The molecule has 1 heterocycles. The third-order valence-corrected chi connectivity index (χ3v) is 2.55. The van der Waals surface area contributed by atoms with Crippen LogP contribution in [0.15, 0.2) is 6.20 Å². The van der Waals surface area contributed by atoms with Gasteiger partial charge in [-0.3, -0.25) is 9.48 Å². The van der Waals surface area contributed by atoms with Crippen molar-refractivity contribution in [1.82, 2.24) is 14.7 Å². The number of hydrogen-bond donors (Lipinski definition) is 0. The molecule has 16 heavy (non-hydrogen) atoms. The zero-order valence-corrected chi connectivity index (χ0v) is 10.8. The zero-order chi connectivity index (χ0) is 12.1. The Kier molecular flexibility index (Phi) is 4.80. The predicted molar refractivity (Wildman–Crippen MR) is 64.9 cm³/mol. The van der Waals surface area contributed by atoms with Crippen LogP contribution in [0.3, 0.4) is 0 Å². The van der Waals surface area contributed by atoms with Crippen molar-refractivity contribution in [1.29, 1.82) is 0 Å². The van der Waals surface area contributed by atoms with Crippen LogP contribution < -0.4 is 0 Å². The van der Waals surface area contributed by atoms with E-state index in [2.05, 4.69) is 5.10 Å². The van der Waals surface area contributed by atoms with Crippen LogP contribution in [0.5, 0.6) is 0 Å². The maximum atomic E-state index is 12.2. The topological polar surface area (TPSA) is 38.1 Å². The summed E-state index contributed by atoms with van der Waals surface area (Å²) in [5.74, 6) is 0.485. The van der Waals surface area contributed by atoms with E-state index in [9.17, 15) is 4.79 Å². The van der Waals surface area contributed by atoms with Gasteiger partial charge in [0, 0.05) is 32.2 Å². The largest absolute Gasteiger partial charge is 0.337 e. The number of carbonyl (C=O) groups is 1. The fraction of sp³-hybridized carbons (Fsp3) is 0.636. The molecule has 1 amide bonds. The minimum absolute atomic E-state index is 0.0214. The van der Waals surface area contributed by atoms with E-state index in [1.54, 1.807) is 15.8 Å². The van der Waals surface area contributed by atoms with Gasteiger partial charge in [0.1, 0.15) is 0 Å². The lowest BCUT2D eigenvalue weighted by Crippen LogP contribution is -2.33. The molecule has 0 radical (unpaired) electrons. The number of nitrogens with zero attached hydrogens (tertiary/aromatic N) is 3. The van der Waals surface area contributed by atoms with Crippen molar-refractivity contribution in [3.63, 3.8) is 0 Å². The quantitative estimate of drug-likeness (QED) is 0.740. The summed E-state index contributed by atoms with van der Waals surface area (Å²) < 4.78 is 1.66. The first kappa shape index (κ1) is 13.0. The van der Waals surface area contributed by atoms with Gasteiger partial charge in [-0.2, -0.15) is 5.10 Å². The van der Waals surface area contributed by atoms with Gasteiger partial charge in [0.05, 0.1) is 11.3 Å². The number of halogens is 1. The van der Waals surface area contributed by atoms with Gasteiger partial charge in [0.25, 0.3) is 5.91 Å². The summed E-state index contributed by atoms with van der Waals surface area (Å²) in [5.41, 5.74) is 1.43. The molecular weight excluding hydrogens is 226 g/mol. The molecule has 0 aliphatic carbocycles. The van der Waals surface area contributed by atoms with E-state index in [1.807, 2.05) is 20.9 Å². The number of aryl methyl sites for hydroxylation is 2. The van der Waals surface area contributed by atoms with E-state index in [-0.39, 0.29) is 5.91 Å². The lowest BCUT2D eigenvalue weighted by atomic mass is 10.2. The van der Waals surface area contributed by atoms with Crippen LogP contribution in [0, 0.1) is 6.92 Å². The average molecular weight is 244 g/mol. The molecule has 1 aromatic rings. The molecule has 0 saturated heterocycles. The maximum absolute atomic E-state index is 12.2. The first-order valence-electron chi connectivity index (χ1n) is 5.45. The number of carbonyl (C=O) groups excluding carboxylic acids is 1. The van der Waals surface area contributed by atoms with Crippen LogP contribution in [-0.4, -0.2) is 39.6 Å². The van der Waals surface area contributed by atoms with Crippen molar-refractivity contribution < 1.29 is 4.79 Å². The van der Waals surface area contributed by atoms with Gasteiger partial charge in [-0.05, 0) is 13.3 Å². The van der Waals surface area contributed by atoms with Crippen LogP contribution in [0.1, 0.15) is 29.4 Å². The third kappa shape index (κ3) is 2.98. The molecule has 0 aromatic carbocycles. The number of hydrogen-bond acceptors (Lipinski definition) is 2. The molecule has 1 aromatic heterocycles. The van der Waals surface area contributed by atoms with E-state index in [4.69, 9.17) is 11.6 Å². The standard InChI is InChI=1S/C11H18ClN3O/c1-4-6-15(7-5-12)11(16)10-8-14(3)13-9(10)2/h8H,4-7H2,1-3H3. The van der Waals surface area contributed by atoms with Crippen LogP contribution in [0.25, 0.3) is 0 Å². The van der Waals surface area contributed by atoms with Crippen molar-refractivity contribution in [3.05, 3.63) is 17.5 Å². The first-order chi connectivity index (χ1) is 7.60. The summed E-state index contributed by atoms with van der Waals surface area (Å²) in [7, 11) is 1.81. The second kappa shape index (κ2) is 5.89. The second-order valence-electron chi connectivity index (χ2n) is 3.78. The number of alkyl halides is 1. The molecule has 5 heteroatoms. The fourth-order valence-electron chi connectivity index (χ4n) is 1.67. The Morgan fingerprint density at radius 3 is 2.69 bits per heavy atom. The Morgan fingerprint density at radius 2 is 2.25 bits per heavy atom. The summed E-state index contributed by atoms with van der Waals surface area (Å²) in [5, 5.41) is 4.17. The van der Waals surface area contributed by atoms with Crippen molar-refractivity contribution in [3.8, 4) is 0 Å². The molecule has 90 valence electrons. The molecule has 1 rings (SSSR count). The summed E-state index contributed by atoms with van der Waals surface area (Å²) in [6.07, 6.45) is 2.69. The Labute approximate surface area is 101 Å². The van der Waals surface area contributed by atoms with Crippen molar-refractivity contribution in [2.75, 3.05) is 19.0 Å². The minimum Gasteiger partial charge on any atom is -0.337 e. The molecule has 0 fully saturated rings. The molecule has 0 unspecified atom stereocenters. The van der Waals surface area contributed by atoms with E-state index in [0.717, 1.165) is 18.7 Å². The molecule has 0 aliphatic rings. The lowest BCUT2D eigenvalue weighted by molar-refractivity contribution is 0.0765. The highest BCUT2D eigenvalue weighted by Gasteiger charge is 2.18. The number of rotatable bonds is 5. The van der Waals surface area contributed by atoms with Gasteiger partial charge in [0.2, 0.25) is 0 Å². The number of amides is 1. The second-order valence-corrected chi connectivity index (χ2v) is 4.16. The van der Waals surface area contributed by atoms with E-state index < -0.39 is 0 Å². The monoisotopic (exact) mass is 243 g/mol. The zero-order valence-electron chi connectivity index (χ0n) is 10.0. The van der Waals surface area contributed by atoms with Gasteiger partial charge >= 0.3 is 0 Å². The van der Waals surface area contributed by atoms with E-state index in [1.165, 1.54) is 0 Å². The van der Waals surface area contributed by atoms with Crippen molar-refractivity contribution in [2.24, 2.45) is 7.05 Å². The molecule has 0 aliphatic heterocycles. The molecular formula is C11H18ClN3O. The van der Waals surface area contributed by atoms with Crippen LogP contribution in [-0.2, 0) is 7.05 Å². The molecule has 0 N–H and O–H groups in total. The molecule has 0 bridgehead atoms. The van der Waals surface area contributed by atoms with Crippen LogP contribution in [0.2, 0.25) is 0 Å². The molecule has 0 saturated carbocycles. The maximum Gasteiger partial charge on any atom is 0.257 e. The highest BCUT2D eigenvalue weighted by Crippen LogP contribution is 2.09. The third-order valence-electron chi connectivity index (χ3n) is 2.38. The van der Waals surface area contributed by atoms with Gasteiger partial charge in [-0.15, -0.1) is 11.6 Å². The first-order valence-corrected chi connectivity index (χ1v) is 5.99. The predicted octanol–water partition coefficient (Wildman–Crippen LogP) is 1.82. The fourth-order valence-corrected chi connectivity index (χ4v) is 1.87. The van der Waals surface area contributed by atoms with Gasteiger partial charge < -0.3 is 4.90 Å². The minimum atomic E-state index is 0.0214. The van der Waals surface area contributed by atoms with Gasteiger partial charge in [-0.1, -0.05) is 6.92 Å². The van der Waals surface area contributed by atoms with Crippen LogP contribution in [0.4, 0.5) is 0 Å². The summed E-state index contributed by atoms with van der Waals surface area (Å²) >= 11 is 5.69. The molecule has 4 nitrogen and oxygen atoms in total. The lowest BCUT2D eigenvalue weighted by Gasteiger charge is -2.20. The van der Waals surface area contributed by atoms with Crippen molar-refractivity contribution >= 4 is 17.5 Å². The smallest absolute Gasteiger partial charge is 0.257 e. The molecule has 0 atom stereocenters. The Bertz CT molecular complexity index is 356. The van der Waals surface area contributed by atoms with E-state index in [0.29, 0.717) is 18.0 Å². The Morgan fingerprint density at radius 1 is 1.56 bits per heavy atom. The van der Waals surface area contributed by atoms with Crippen molar-refractivity contribution in [2.45, 2.75) is 20.3 Å². The van der Waals surface area contributed by atoms with Crippen LogP contribution >= 0.6 is 11.6 Å². The normalized spacial score (nSPS) is 10.5. The highest BCUT2D eigenvalue weighted by molar-refractivity contribution is 6.18. The summed E-state index contributed by atoms with van der Waals surface area (Å²) in [6.45, 7) is 5.21. The average Bonchev–Trinajstić information content (AvgIpc) is 2.56. The Hall–Kier alpha value is -1.03. The summed E-state index contributed by atoms with van der Waals surface area (Å²) in [4.78, 5) is 13.9. The van der Waals surface area contributed by atoms with E-state index >= 15 is 0 Å². The molecule has 0 spiro atoms. The summed E-state index contributed by atoms with van der Waals surface area (Å²) in [6, 6.07) is 0. The SMILES string of the molecule is CCCN(CCCl)C(=O)c1cn(C)nc1C. The highest BCUT2D eigenvalue weighted by atomic mass is 35.5. The Balaban J connectivity index is 2.85.